The standard InChI is InChI=1S/C11H15N3O2S/c1-11(10(13)16)3-4-14(6-11)9(15)8-7(12)2-5-17-8/h2,5H,3-4,6,12H2,1H3,(H2,13,16). The molecule has 0 spiro atoms. The number of amides is 2. The Morgan fingerprint density at radius 3 is 2.71 bits per heavy atom. The minimum absolute atomic E-state index is 0.109. The molecular weight excluding hydrogens is 238 g/mol. The van der Waals surface area contributed by atoms with E-state index in [0.29, 0.717) is 30.1 Å². The van der Waals surface area contributed by atoms with Gasteiger partial charge in [-0.25, -0.2) is 0 Å². The molecule has 1 aromatic rings. The lowest BCUT2D eigenvalue weighted by atomic mass is 9.89. The maximum Gasteiger partial charge on any atom is 0.266 e. The highest BCUT2D eigenvalue weighted by molar-refractivity contribution is 7.12. The summed E-state index contributed by atoms with van der Waals surface area (Å²) < 4.78 is 0. The summed E-state index contributed by atoms with van der Waals surface area (Å²) in [5, 5.41) is 1.78. The van der Waals surface area contributed by atoms with Crippen LogP contribution in [0.15, 0.2) is 11.4 Å². The van der Waals surface area contributed by atoms with E-state index in [1.165, 1.54) is 11.3 Å². The smallest absolute Gasteiger partial charge is 0.266 e. The fourth-order valence-electron chi connectivity index (χ4n) is 1.97. The average molecular weight is 253 g/mol. The molecule has 1 atom stereocenters. The number of carbonyl (C=O) groups excluding carboxylic acids is 2. The van der Waals surface area contributed by atoms with Crippen molar-refractivity contribution >= 4 is 28.8 Å². The molecule has 0 aliphatic carbocycles. The Labute approximate surface area is 103 Å². The van der Waals surface area contributed by atoms with Crippen LogP contribution in [-0.4, -0.2) is 29.8 Å². The maximum absolute atomic E-state index is 12.1. The number of nitrogens with zero attached hydrogens (tertiary/aromatic N) is 1. The number of rotatable bonds is 2. The van der Waals surface area contributed by atoms with Crippen molar-refractivity contribution in [2.75, 3.05) is 18.8 Å². The van der Waals surface area contributed by atoms with Crippen molar-refractivity contribution in [3.05, 3.63) is 16.3 Å². The second-order valence-electron chi connectivity index (χ2n) is 4.61. The average Bonchev–Trinajstić information content (AvgIpc) is 2.85. The van der Waals surface area contributed by atoms with E-state index in [2.05, 4.69) is 0 Å². The molecule has 1 aliphatic heterocycles. The molecule has 0 radical (unpaired) electrons. The Kier molecular flexibility index (Phi) is 2.82. The molecule has 2 rings (SSSR count). The van der Waals surface area contributed by atoms with Gasteiger partial charge in [-0.05, 0) is 24.8 Å². The second-order valence-corrected chi connectivity index (χ2v) is 5.52. The van der Waals surface area contributed by atoms with Gasteiger partial charge in [0.2, 0.25) is 5.91 Å². The molecule has 1 unspecified atom stereocenters. The summed E-state index contributed by atoms with van der Waals surface area (Å²) >= 11 is 1.32. The van der Waals surface area contributed by atoms with E-state index in [-0.39, 0.29) is 11.8 Å². The van der Waals surface area contributed by atoms with Crippen molar-refractivity contribution in [2.45, 2.75) is 13.3 Å². The van der Waals surface area contributed by atoms with Gasteiger partial charge in [0.1, 0.15) is 4.88 Å². The normalized spacial score (nSPS) is 23.9. The van der Waals surface area contributed by atoms with Gasteiger partial charge in [-0.1, -0.05) is 0 Å². The number of nitrogens with two attached hydrogens (primary N) is 2. The van der Waals surface area contributed by atoms with Crippen LogP contribution in [0.1, 0.15) is 23.0 Å². The molecule has 0 aromatic carbocycles. The Morgan fingerprint density at radius 1 is 1.53 bits per heavy atom. The largest absolute Gasteiger partial charge is 0.397 e. The molecule has 1 aromatic heterocycles. The molecule has 1 fully saturated rings. The SMILES string of the molecule is CC1(C(N)=O)CCN(C(=O)c2sccc2N)C1. The third kappa shape index (κ3) is 2.00. The van der Waals surface area contributed by atoms with E-state index in [0.717, 1.165) is 0 Å². The van der Waals surface area contributed by atoms with Crippen LogP contribution < -0.4 is 11.5 Å². The van der Waals surface area contributed by atoms with Crippen molar-refractivity contribution < 1.29 is 9.59 Å². The summed E-state index contributed by atoms with van der Waals surface area (Å²) in [5.74, 6) is -0.463. The lowest BCUT2D eigenvalue weighted by Crippen LogP contribution is -2.38. The minimum Gasteiger partial charge on any atom is -0.397 e. The summed E-state index contributed by atoms with van der Waals surface area (Å²) in [4.78, 5) is 25.6. The Hall–Kier alpha value is -1.56. The molecule has 5 nitrogen and oxygen atoms in total. The lowest BCUT2D eigenvalue weighted by Gasteiger charge is -2.20. The second kappa shape index (κ2) is 4.03. The summed E-state index contributed by atoms with van der Waals surface area (Å²) in [6, 6.07) is 1.71. The zero-order chi connectivity index (χ0) is 12.6. The van der Waals surface area contributed by atoms with Gasteiger partial charge in [-0.2, -0.15) is 0 Å². The van der Waals surface area contributed by atoms with Crippen LogP contribution in [0.4, 0.5) is 5.69 Å². The zero-order valence-electron chi connectivity index (χ0n) is 9.60. The molecule has 17 heavy (non-hydrogen) atoms. The Morgan fingerprint density at radius 2 is 2.24 bits per heavy atom. The van der Waals surface area contributed by atoms with Gasteiger partial charge in [-0.3, -0.25) is 9.59 Å². The molecule has 1 saturated heterocycles. The predicted octanol–water partition coefficient (Wildman–Crippen LogP) is 0.668. The first-order valence-corrected chi connectivity index (χ1v) is 6.24. The molecular formula is C11H15N3O2S. The monoisotopic (exact) mass is 253 g/mol. The first kappa shape index (κ1) is 11.9. The van der Waals surface area contributed by atoms with E-state index in [1.54, 1.807) is 23.3 Å². The fourth-order valence-corrected chi connectivity index (χ4v) is 2.76. The Balaban J connectivity index is 2.15. The molecule has 2 heterocycles. The first-order chi connectivity index (χ1) is 7.94. The Bertz CT molecular complexity index is 471. The minimum atomic E-state index is -0.609. The number of nitrogen functional groups attached to an aromatic ring is 1. The van der Waals surface area contributed by atoms with Crippen LogP contribution in [-0.2, 0) is 4.79 Å². The van der Waals surface area contributed by atoms with Gasteiger partial charge in [0, 0.05) is 13.1 Å². The number of primary amides is 1. The maximum atomic E-state index is 12.1. The number of likely N-dealkylation sites (tertiary alicyclic amines) is 1. The summed E-state index contributed by atoms with van der Waals surface area (Å²) in [5.41, 5.74) is 10.9. The van der Waals surface area contributed by atoms with Crippen molar-refractivity contribution in [3.63, 3.8) is 0 Å². The summed E-state index contributed by atoms with van der Waals surface area (Å²) in [7, 11) is 0. The quantitative estimate of drug-likeness (QED) is 0.811. The highest BCUT2D eigenvalue weighted by Crippen LogP contribution is 2.32. The fraction of sp³-hybridized carbons (Fsp3) is 0.455. The van der Waals surface area contributed by atoms with Crippen molar-refractivity contribution in [3.8, 4) is 0 Å². The van der Waals surface area contributed by atoms with Gasteiger partial charge in [0.05, 0.1) is 11.1 Å². The van der Waals surface area contributed by atoms with Crippen LogP contribution in [0.3, 0.4) is 0 Å². The van der Waals surface area contributed by atoms with Crippen molar-refractivity contribution in [1.29, 1.82) is 0 Å². The third-order valence-corrected chi connectivity index (χ3v) is 4.16. The summed E-state index contributed by atoms with van der Waals surface area (Å²) in [6.07, 6.45) is 0.610. The number of thiophene rings is 1. The first-order valence-electron chi connectivity index (χ1n) is 5.36. The van der Waals surface area contributed by atoms with Gasteiger partial charge in [-0.15, -0.1) is 11.3 Å². The molecule has 92 valence electrons. The van der Waals surface area contributed by atoms with E-state index in [4.69, 9.17) is 11.5 Å². The molecule has 0 bridgehead atoms. The molecule has 2 amide bonds. The van der Waals surface area contributed by atoms with Gasteiger partial charge < -0.3 is 16.4 Å². The highest BCUT2D eigenvalue weighted by atomic mass is 32.1. The van der Waals surface area contributed by atoms with Gasteiger partial charge >= 0.3 is 0 Å². The molecule has 6 heteroatoms. The van der Waals surface area contributed by atoms with Crippen LogP contribution in [0.5, 0.6) is 0 Å². The van der Waals surface area contributed by atoms with Crippen LogP contribution in [0, 0.1) is 5.41 Å². The van der Waals surface area contributed by atoms with Crippen LogP contribution in [0.25, 0.3) is 0 Å². The van der Waals surface area contributed by atoms with Crippen molar-refractivity contribution in [2.24, 2.45) is 11.1 Å². The topological polar surface area (TPSA) is 89.4 Å². The zero-order valence-corrected chi connectivity index (χ0v) is 10.4. The number of carbonyl (C=O) groups is 2. The predicted molar refractivity (Wildman–Crippen MR) is 66.6 cm³/mol. The molecule has 1 aliphatic rings. The lowest BCUT2D eigenvalue weighted by molar-refractivity contribution is -0.126. The van der Waals surface area contributed by atoms with Crippen molar-refractivity contribution in [1.82, 2.24) is 4.90 Å². The number of hydrogen-bond donors (Lipinski definition) is 2. The van der Waals surface area contributed by atoms with E-state index in [1.807, 2.05) is 0 Å². The highest BCUT2D eigenvalue weighted by Gasteiger charge is 2.41. The van der Waals surface area contributed by atoms with Gasteiger partial charge in [0.15, 0.2) is 0 Å². The number of hydrogen-bond acceptors (Lipinski definition) is 4. The molecule has 0 saturated carbocycles. The molecule has 4 N–H and O–H groups in total. The van der Waals surface area contributed by atoms with Crippen LogP contribution >= 0.6 is 11.3 Å². The third-order valence-electron chi connectivity index (χ3n) is 3.25. The van der Waals surface area contributed by atoms with E-state index in [9.17, 15) is 9.59 Å². The van der Waals surface area contributed by atoms with E-state index >= 15 is 0 Å². The van der Waals surface area contributed by atoms with E-state index < -0.39 is 5.41 Å². The van der Waals surface area contributed by atoms with Crippen LogP contribution in [0.2, 0.25) is 0 Å². The summed E-state index contributed by atoms with van der Waals surface area (Å²) in [6.45, 7) is 2.72. The van der Waals surface area contributed by atoms with Gasteiger partial charge in [0.25, 0.3) is 5.91 Å². The number of anilines is 1.